The van der Waals surface area contributed by atoms with Crippen molar-refractivity contribution in [3.63, 3.8) is 0 Å². The van der Waals surface area contributed by atoms with Crippen molar-refractivity contribution < 1.29 is 8.42 Å². The first kappa shape index (κ1) is 24.4. The Balaban J connectivity index is 1.77. The molecule has 1 heterocycles. The van der Waals surface area contributed by atoms with Crippen molar-refractivity contribution in [3.8, 4) is 0 Å². The van der Waals surface area contributed by atoms with Gasteiger partial charge < -0.3 is 0 Å². The molecule has 5 heteroatoms. The Bertz CT molecular complexity index is 1190. The van der Waals surface area contributed by atoms with Gasteiger partial charge in [-0.3, -0.25) is 4.99 Å². The van der Waals surface area contributed by atoms with Crippen LogP contribution in [0.2, 0.25) is 0 Å². The molecule has 0 N–H and O–H groups in total. The van der Waals surface area contributed by atoms with Crippen molar-refractivity contribution in [2.45, 2.75) is 50.6 Å². The second kappa shape index (κ2) is 10.7. The lowest BCUT2D eigenvalue weighted by Crippen LogP contribution is -2.55. The number of nitrogens with zero attached hydrogens (tertiary/aromatic N) is 2. The third-order valence-corrected chi connectivity index (χ3v) is 8.79. The minimum atomic E-state index is -3.65. The van der Waals surface area contributed by atoms with Crippen LogP contribution in [0.4, 0.5) is 0 Å². The van der Waals surface area contributed by atoms with Gasteiger partial charge in [0.1, 0.15) is 0 Å². The van der Waals surface area contributed by atoms with E-state index in [2.05, 4.69) is 26.0 Å². The number of aryl methyl sites for hydroxylation is 1. The normalized spacial score (nSPS) is 21.8. The third-order valence-electron chi connectivity index (χ3n) is 6.85. The van der Waals surface area contributed by atoms with Crippen molar-refractivity contribution in [2.75, 3.05) is 6.54 Å². The van der Waals surface area contributed by atoms with E-state index in [1.807, 2.05) is 73.8 Å². The van der Waals surface area contributed by atoms with Crippen molar-refractivity contribution in [1.82, 2.24) is 4.31 Å². The molecular weight excluding hydrogens is 440 g/mol. The second-order valence-corrected chi connectivity index (χ2v) is 11.5. The summed E-state index contributed by atoms with van der Waals surface area (Å²) >= 11 is 0. The summed E-state index contributed by atoms with van der Waals surface area (Å²) in [6.45, 7) is 6.92. The highest BCUT2D eigenvalue weighted by Gasteiger charge is 2.44. The highest BCUT2D eigenvalue weighted by atomic mass is 32.2. The van der Waals surface area contributed by atoms with Crippen LogP contribution in [0.3, 0.4) is 0 Å². The van der Waals surface area contributed by atoms with Gasteiger partial charge in [0.15, 0.2) is 0 Å². The Morgan fingerprint density at radius 2 is 1.56 bits per heavy atom. The molecule has 178 valence electrons. The summed E-state index contributed by atoms with van der Waals surface area (Å²) in [7, 11) is -3.65. The van der Waals surface area contributed by atoms with Crippen LogP contribution in [0.5, 0.6) is 0 Å². The fourth-order valence-corrected chi connectivity index (χ4v) is 6.59. The van der Waals surface area contributed by atoms with Gasteiger partial charge in [0.25, 0.3) is 0 Å². The van der Waals surface area contributed by atoms with Gasteiger partial charge in [-0.15, -0.1) is 0 Å². The molecule has 0 saturated carbocycles. The SMILES string of the molecule is Cc1ccc(S(=O)(=O)N2CC[C@@H](C(C)C)[C@@H](N=Cc3ccccc3)[C@@H]2Cc2ccccc2)cc1. The molecule has 0 radical (unpaired) electrons. The number of benzene rings is 3. The van der Waals surface area contributed by atoms with Crippen LogP contribution in [-0.4, -0.2) is 37.6 Å². The summed E-state index contributed by atoms with van der Waals surface area (Å²) in [4.78, 5) is 5.43. The maximum absolute atomic E-state index is 13.9. The fraction of sp³-hybridized carbons (Fsp3) is 0.345. The Hall–Kier alpha value is -2.76. The first-order valence-corrected chi connectivity index (χ1v) is 13.5. The van der Waals surface area contributed by atoms with Crippen LogP contribution in [0.1, 0.15) is 37.0 Å². The molecule has 1 fully saturated rings. The van der Waals surface area contributed by atoms with E-state index in [0.29, 0.717) is 29.7 Å². The molecule has 1 aliphatic heterocycles. The van der Waals surface area contributed by atoms with Gasteiger partial charge in [-0.1, -0.05) is 92.2 Å². The minimum absolute atomic E-state index is 0.130. The van der Waals surface area contributed by atoms with Gasteiger partial charge >= 0.3 is 0 Å². The molecule has 3 aromatic carbocycles. The molecular formula is C29H34N2O2S. The van der Waals surface area contributed by atoms with E-state index < -0.39 is 10.0 Å². The molecule has 0 spiro atoms. The molecule has 3 aromatic rings. The fourth-order valence-electron chi connectivity index (χ4n) is 4.94. The zero-order valence-electron chi connectivity index (χ0n) is 20.2. The van der Waals surface area contributed by atoms with Crippen LogP contribution >= 0.6 is 0 Å². The summed E-state index contributed by atoms with van der Waals surface area (Å²) < 4.78 is 29.5. The molecule has 0 amide bonds. The molecule has 0 bridgehead atoms. The lowest BCUT2D eigenvalue weighted by molar-refractivity contribution is 0.134. The van der Waals surface area contributed by atoms with Gasteiger partial charge in [0.05, 0.1) is 17.0 Å². The predicted molar refractivity (Wildman–Crippen MR) is 140 cm³/mol. The standard InChI is InChI=1S/C29H34N2O2S/c1-22(2)27-18-19-31(34(32,33)26-16-14-23(3)15-17-26)28(20-24-10-6-4-7-11-24)29(27)30-21-25-12-8-5-9-13-25/h4-17,21-22,27-29H,18-20H2,1-3H3/t27-,28-,29+/m0/s1. The average Bonchev–Trinajstić information content (AvgIpc) is 2.84. The Morgan fingerprint density at radius 1 is 0.941 bits per heavy atom. The van der Waals surface area contributed by atoms with Crippen LogP contribution in [0.25, 0.3) is 0 Å². The summed E-state index contributed by atoms with van der Waals surface area (Å²) in [5, 5.41) is 0. The number of aliphatic imine (C=N–C) groups is 1. The Kier molecular flexibility index (Phi) is 7.64. The first-order chi connectivity index (χ1) is 16.4. The maximum Gasteiger partial charge on any atom is 0.243 e. The molecule has 34 heavy (non-hydrogen) atoms. The number of rotatable bonds is 7. The minimum Gasteiger partial charge on any atom is -0.287 e. The van der Waals surface area contributed by atoms with Crippen LogP contribution < -0.4 is 0 Å². The third kappa shape index (κ3) is 5.48. The van der Waals surface area contributed by atoms with E-state index in [4.69, 9.17) is 4.99 Å². The maximum atomic E-state index is 13.9. The van der Waals surface area contributed by atoms with E-state index in [9.17, 15) is 8.42 Å². The summed E-state index contributed by atoms with van der Waals surface area (Å²) in [6.07, 6.45) is 3.34. The highest BCUT2D eigenvalue weighted by Crippen LogP contribution is 2.36. The topological polar surface area (TPSA) is 49.7 Å². The smallest absolute Gasteiger partial charge is 0.243 e. The molecule has 0 unspecified atom stereocenters. The Morgan fingerprint density at radius 3 is 2.18 bits per heavy atom. The molecule has 1 aliphatic rings. The van der Waals surface area contributed by atoms with Crippen molar-refractivity contribution in [1.29, 1.82) is 0 Å². The summed E-state index contributed by atoms with van der Waals surface area (Å²) in [5.41, 5.74) is 3.20. The van der Waals surface area contributed by atoms with E-state index in [1.165, 1.54) is 0 Å². The highest BCUT2D eigenvalue weighted by molar-refractivity contribution is 7.89. The number of hydrogen-bond acceptors (Lipinski definition) is 3. The molecule has 4 nitrogen and oxygen atoms in total. The van der Waals surface area contributed by atoms with Gasteiger partial charge in [-0.05, 0) is 54.9 Å². The van der Waals surface area contributed by atoms with Crippen molar-refractivity contribution in [3.05, 3.63) is 102 Å². The first-order valence-electron chi connectivity index (χ1n) is 12.1. The lowest BCUT2D eigenvalue weighted by Gasteiger charge is -2.44. The average molecular weight is 475 g/mol. The van der Waals surface area contributed by atoms with Gasteiger partial charge in [0, 0.05) is 12.8 Å². The lowest BCUT2D eigenvalue weighted by atomic mass is 9.78. The second-order valence-electron chi connectivity index (χ2n) is 9.56. The molecule has 0 aliphatic carbocycles. The number of hydrogen-bond donors (Lipinski definition) is 0. The quantitative estimate of drug-likeness (QED) is 0.409. The predicted octanol–water partition coefficient (Wildman–Crippen LogP) is 5.76. The van der Waals surface area contributed by atoms with Gasteiger partial charge in [-0.25, -0.2) is 8.42 Å². The van der Waals surface area contributed by atoms with Crippen molar-refractivity contribution >= 4 is 16.2 Å². The van der Waals surface area contributed by atoms with Gasteiger partial charge in [0.2, 0.25) is 10.0 Å². The Labute approximate surface area is 204 Å². The van der Waals surface area contributed by atoms with Crippen LogP contribution in [0.15, 0.2) is 94.8 Å². The zero-order chi connectivity index (χ0) is 24.1. The molecule has 1 saturated heterocycles. The number of sulfonamides is 1. The molecule has 3 atom stereocenters. The van der Waals surface area contributed by atoms with E-state index in [0.717, 1.165) is 23.1 Å². The van der Waals surface area contributed by atoms with E-state index >= 15 is 0 Å². The van der Waals surface area contributed by atoms with E-state index in [-0.39, 0.29) is 12.1 Å². The van der Waals surface area contributed by atoms with Crippen molar-refractivity contribution in [2.24, 2.45) is 16.8 Å². The largest absolute Gasteiger partial charge is 0.287 e. The summed E-state index contributed by atoms with van der Waals surface area (Å²) in [5.74, 6) is 0.707. The zero-order valence-corrected chi connectivity index (χ0v) is 21.0. The monoisotopic (exact) mass is 474 g/mol. The van der Waals surface area contributed by atoms with Crippen LogP contribution in [-0.2, 0) is 16.4 Å². The number of piperidine rings is 1. The molecule has 0 aromatic heterocycles. The summed E-state index contributed by atoms with van der Waals surface area (Å²) in [6, 6.07) is 27.0. The van der Waals surface area contributed by atoms with Crippen LogP contribution in [0, 0.1) is 18.8 Å². The van der Waals surface area contributed by atoms with Gasteiger partial charge in [-0.2, -0.15) is 4.31 Å². The molecule has 4 rings (SSSR count). The van der Waals surface area contributed by atoms with E-state index in [1.54, 1.807) is 16.4 Å².